The highest BCUT2D eigenvalue weighted by molar-refractivity contribution is 6.15. The lowest BCUT2D eigenvalue weighted by Gasteiger charge is -2.30. The van der Waals surface area contributed by atoms with Crippen LogP contribution in [0.25, 0.3) is 0 Å². The second kappa shape index (κ2) is 9.49. The lowest BCUT2D eigenvalue weighted by molar-refractivity contribution is -0.135. The molecule has 1 aliphatic rings. The first-order valence-corrected chi connectivity index (χ1v) is 9.82. The predicted octanol–water partition coefficient (Wildman–Crippen LogP) is 3.45. The molecule has 0 spiro atoms. The number of allylic oxidation sites excluding steroid dienone is 2. The number of hydrogen-bond acceptors (Lipinski definition) is 4. The molecular weight excluding hydrogens is 340 g/mol. The van der Waals surface area contributed by atoms with Gasteiger partial charge in [-0.1, -0.05) is 63.9 Å². The van der Waals surface area contributed by atoms with Gasteiger partial charge in [0.25, 0.3) is 0 Å². The van der Waals surface area contributed by atoms with E-state index in [0.29, 0.717) is 12.8 Å². The summed E-state index contributed by atoms with van der Waals surface area (Å²) in [6.45, 7) is 5.89. The van der Waals surface area contributed by atoms with Crippen LogP contribution >= 0.6 is 0 Å². The summed E-state index contributed by atoms with van der Waals surface area (Å²) in [5, 5.41) is 2.73. The molecule has 0 bridgehead atoms. The molecule has 0 aromatic heterocycles. The van der Waals surface area contributed by atoms with E-state index in [9.17, 15) is 14.4 Å². The molecule has 1 amide bonds. The first-order valence-electron chi connectivity index (χ1n) is 9.82. The van der Waals surface area contributed by atoms with Crippen LogP contribution in [0.4, 0.5) is 0 Å². The molecule has 1 aromatic carbocycles. The lowest BCUT2D eigenvalue weighted by atomic mass is 9.76. The minimum Gasteiger partial charge on any atom is -0.400 e. The minimum absolute atomic E-state index is 0.0197. The number of rotatable bonds is 8. The topological polar surface area (TPSA) is 89.3 Å². The molecule has 3 atom stereocenters. The molecule has 2 rings (SSSR count). The SMILES string of the molecule is CCCC1C(=O)C(NC(=O)CC(C)c2ccccc2)=C(N)C(CCC)C1=O. The molecule has 0 fully saturated rings. The number of Topliss-reactive ketones (excluding diaryl/α,β-unsaturated/α-hetero) is 2. The molecule has 3 unspecified atom stereocenters. The lowest BCUT2D eigenvalue weighted by Crippen LogP contribution is -2.45. The van der Waals surface area contributed by atoms with Gasteiger partial charge in [0.15, 0.2) is 11.6 Å². The smallest absolute Gasteiger partial charge is 0.225 e. The first kappa shape index (κ1) is 20.9. The Morgan fingerprint density at radius 2 is 1.67 bits per heavy atom. The van der Waals surface area contributed by atoms with Crippen molar-refractivity contribution >= 4 is 17.5 Å². The molecule has 0 aliphatic heterocycles. The van der Waals surface area contributed by atoms with Crippen molar-refractivity contribution in [2.45, 2.75) is 58.8 Å². The van der Waals surface area contributed by atoms with E-state index < -0.39 is 11.8 Å². The van der Waals surface area contributed by atoms with Crippen LogP contribution in [0.1, 0.15) is 64.4 Å². The molecule has 0 saturated carbocycles. The van der Waals surface area contributed by atoms with Crippen molar-refractivity contribution in [3.05, 3.63) is 47.3 Å². The summed E-state index contributed by atoms with van der Waals surface area (Å²) >= 11 is 0. The van der Waals surface area contributed by atoms with Crippen LogP contribution in [-0.4, -0.2) is 17.5 Å². The van der Waals surface area contributed by atoms with Gasteiger partial charge < -0.3 is 11.1 Å². The Morgan fingerprint density at radius 3 is 2.26 bits per heavy atom. The Morgan fingerprint density at radius 1 is 1.07 bits per heavy atom. The molecular formula is C22H30N2O3. The van der Waals surface area contributed by atoms with Gasteiger partial charge in [0.2, 0.25) is 5.91 Å². The van der Waals surface area contributed by atoms with E-state index in [1.54, 1.807) is 0 Å². The maximum atomic E-state index is 12.8. The largest absolute Gasteiger partial charge is 0.400 e. The van der Waals surface area contributed by atoms with Crippen LogP contribution in [0, 0.1) is 11.8 Å². The molecule has 0 heterocycles. The Hall–Kier alpha value is -2.43. The molecule has 1 aliphatic carbocycles. The van der Waals surface area contributed by atoms with Crippen LogP contribution in [-0.2, 0) is 14.4 Å². The van der Waals surface area contributed by atoms with Crippen molar-refractivity contribution in [3.63, 3.8) is 0 Å². The van der Waals surface area contributed by atoms with E-state index in [-0.39, 0.29) is 41.2 Å². The zero-order valence-corrected chi connectivity index (χ0v) is 16.5. The van der Waals surface area contributed by atoms with Crippen molar-refractivity contribution in [3.8, 4) is 0 Å². The number of hydrogen-bond donors (Lipinski definition) is 2. The Labute approximate surface area is 161 Å². The molecule has 146 valence electrons. The Bertz CT molecular complexity index is 724. The van der Waals surface area contributed by atoms with Crippen LogP contribution < -0.4 is 11.1 Å². The van der Waals surface area contributed by atoms with Gasteiger partial charge in [-0.25, -0.2) is 0 Å². The first-order chi connectivity index (χ1) is 12.9. The van der Waals surface area contributed by atoms with Crippen molar-refractivity contribution in [2.75, 3.05) is 0 Å². The van der Waals surface area contributed by atoms with E-state index in [1.165, 1.54) is 0 Å². The number of carbonyl (C=O) groups excluding carboxylic acids is 3. The second-order valence-electron chi connectivity index (χ2n) is 7.34. The van der Waals surface area contributed by atoms with Crippen molar-refractivity contribution < 1.29 is 14.4 Å². The third-order valence-electron chi connectivity index (χ3n) is 5.19. The molecule has 0 radical (unpaired) electrons. The van der Waals surface area contributed by atoms with Crippen LogP contribution in [0.2, 0.25) is 0 Å². The van der Waals surface area contributed by atoms with E-state index >= 15 is 0 Å². The fraction of sp³-hybridized carbons (Fsp3) is 0.500. The standard InChI is InChI=1S/C22H30N2O3/c1-4-9-16-19(23)20(22(27)17(10-5-2)21(16)26)24-18(25)13-14(3)15-11-7-6-8-12-15/h6-8,11-12,14,16-17H,4-5,9-10,13,23H2,1-3H3,(H,24,25). The summed E-state index contributed by atoms with van der Waals surface area (Å²) in [7, 11) is 0. The van der Waals surface area contributed by atoms with Crippen LogP contribution in [0.5, 0.6) is 0 Å². The van der Waals surface area contributed by atoms with Gasteiger partial charge in [-0.3, -0.25) is 14.4 Å². The van der Waals surface area contributed by atoms with E-state index in [1.807, 2.05) is 51.1 Å². The number of ketones is 2. The fourth-order valence-corrected chi connectivity index (χ4v) is 3.67. The Kier molecular flexibility index (Phi) is 7.34. The van der Waals surface area contributed by atoms with Gasteiger partial charge in [0.05, 0.1) is 11.8 Å². The minimum atomic E-state index is -0.694. The van der Waals surface area contributed by atoms with Gasteiger partial charge in [0.1, 0.15) is 5.70 Å². The summed E-state index contributed by atoms with van der Waals surface area (Å²) in [5.74, 6) is -1.85. The summed E-state index contributed by atoms with van der Waals surface area (Å²) in [5.41, 5.74) is 7.58. The third-order valence-corrected chi connectivity index (χ3v) is 5.19. The van der Waals surface area contributed by atoms with Gasteiger partial charge in [0, 0.05) is 12.1 Å². The van der Waals surface area contributed by atoms with Crippen molar-refractivity contribution in [2.24, 2.45) is 17.6 Å². The highest BCUT2D eigenvalue weighted by Gasteiger charge is 2.41. The number of amides is 1. The van der Waals surface area contributed by atoms with E-state index in [4.69, 9.17) is 5.73 Å². The second-order valence-corrected chi connectivity index (χ2v) is 7.34. The fourth-order valence-electron chi connectivity index (χ4n) is 3.67. The summed E-state index contributed by atoms with van der Waals surface area (Å²) < 4.78 is 0. The van der Waals surface area contributed by atoms with Gasteiger partial charge in [-0.2, -0.15) is 0 Å². The van der Waals surface area contributed by atoms with Gasteiger partial charge in [-0.15, -0.1) is 0 Å². The molecule has 5 nitrogen and oxygen atoms in total. The van der Waals surface area contributed by atoms with Crippen molar-refractivity contribution in [1.82, 2.24) is 5.32 Å². The number of carbonyl (C=O) groups is 3. The average molecular weight is 370 g/mol. The Balaban J connectivity index is 2.19. The van der Waals surface area contributed by atoms with E-state index in [0.717, 1.165) is 18.4 Å². The quantitative estimate of drug-likeness (QED) is 0.686. The van der Waals surface area contributed by atoms with Crippen LogP contribution in [0.15, 0.2) is 41.7 Å². The summed E-state index contributed by atoms with van der Waals surface area (Å²) in [6.07, 6.45) is 2.85. The average Bonchev–Trinajstić information content (AvgIpc) is 2.66. The molecule has 3 N–H and O–H groups in total. The summed E-state index contributed by atoms with van der Waals surface area (Å²) in [6, 6.07) is 9.76. The highest BCUT2D eigenvalue weighted by Crippen LogP contribution is 2.31. The van der Waals surface area contributed by atoms with E-state index in [2.05, 4.69) is 5.32 Å². The molecule has 1 aromatic rings. The predicted molar refractivity (Wildman–Crippen MR) is 106 cm³/mol. The third kappa shape index (κ3) is 4.85. The normalized spacial score (nSPS) is 21.3. The molecule has 5 heteroatoms. The van der Waals surface area contributed by atoms with Gasteiger partial charge >= 0.3 is 0 Å². The summed E-state index contributed by atoms with van der Waals surface area (Å²) in [4.78, 5) is 38.0. The maximum absolute atomic E-state index is 12.8. The highest BCUT2D eigenvalue weighted by atomic mass is 16.2. The molecule has 27 heavy (non-hydrogen) atoms. The maximum Gasteiger partial charge on any atom is 0.225 e. The zero-order valence-electron chi connectivity index (χ0n) is 16.5. The molecule has 0 saturated heterocycles. The van der Waals surface area contributed by atoms with Crippen LogP contribution in [0.3, 0.4) is 0 Å². The monoisotopic (exact) mass is 370 g/mol. The number of benzene rings is 1. The van der Waals surface area contributed by atoms with Gasteiger partial charge in [-0.05, 0) is 24.3 Å². The number of nitrogens with two attached hydrogens (primary N) is 1. The zero-order chi connectivity index (χ0) is 20.0. The number of nitrogens with one attached hydrogen (secondary N) is 1. The van der Waals surface area contributed by atoms with Crippen molar-refractivity contribution in [1.29, 1.82) is 0 Å².